The standard InChI is InChI=1S/C13H28N4S.HI/c1-11(2)8-15-12(14-3)16-9-13(17(4)5)6-7-18-10-13;/h11H,6-10H2,1-5H3,(H2,14,15,16);1H. The summed E-state index contributed by atoms with van der Waals surface area (Å²) in [5.74, 6) is 4.02. The molecule has 1 heterocycles. The second-order valence-corrected chi connectivity index (χ2v) is 6.73. The number of likely N-dealkylation sites (N-methyl/N-ethyl adjacent to an activating group) is 1. The third-order valence-corrected chi connectivity index (χ3v) is 4.75. The highest BCUT2D eigenvalue weighted by Crippen LogP contribution is 2.31. The van der Waals surface area contributed by atoms with E-state index in [4.69, 9.17) is 0 Å². The number of halogens is 1. The largest absolute Gasteiger partial charge is 0.356 e. The fourth-order valence-corrected chi connectivity index (χ4v) is 3.57. The monoisotopic (exact) mass is 400 g/mol. The second kappa shape index (κ2) is 9.28. The first-order valence-electron chi connectivity index (χ1n) is 6.70. The topological polar surface area (TPSA) is 39.7 Å². The van der Waals surface area contributed by atoms with Crippen LogP contribution in [-0.4, -0.2) is 62.1 Å². The summed E-state index contributed by atoms with van der Waals surface area (Å²) in [5, 5.41) is 6.84. The van der Waals surface area contributed by atoms with Crippen molar-refractivity contribution in [2.45, 2.75) is 25.8 Å². The molecule has 1 saturated heterocycles. The van der Waals surface area contributed by atoms with Gasteiger partial charge in [-0.3, -0.25) is 4.99 Å². The van der Waals surface area contributed by atoms with E-state index < -0.39 is 0 Å². The molecular weight excluding hydrogens is 371 g/mol. The predicted molar refractivity (Wildman–Crippen MR) is 98.0 cm³/mol. The van der Waals surface area contributed by atoms with Gasteiger partial charge in [-0.2, -0.15) is 11.8 Å². The summed E-state index contributed by atoms with van der Waals surface area (Å²) < 4.78 is 0. The van der Waals surface area contributed by atoms with E-state index in [-0.39, 0.29) is 29.5 Å². The van der Waals surface area contributed by atoms with Gasteiger partial charge in [0.15, 0.2) is 5.96 Å². The van der Waals surface area contributed by atoms with Crippen molar-refractivity contribution in [1.29, 1.82) is 0 Å². The van der Waals surface area contributed by atoms with Crippen molar-refractivity contribution in [2.75, 3.05) is 45.7 Å². The van der Waals surface area contributed by atoms with Gasteiger partial charge in [-0.1, -0.05) is 13.8 Å². The van der Waals surface area contributed by atoms with Crippen LogP contribution in [0.25, 0.3) is 0 Å². The third-order valence-electron chi connectivity index (χ3n) is 3.52. The SMILES string of the molecule is CN=C(NCC(C)C)NCC1(N(C)C)CCSC1.I. The molecule has 1 atom stereocenters. The molecular formula is C13H29IN4S. The van der Waals surface area contributed by atoms with Crippen LogP contribution in [0.1, 0.15) is 20.3 Å². The van der Waals surface area contributed by atoms with Crippen LogP contribution >= 0.6 is 35.7 Å². The maximum absolute atomic E-state index is 4.28. The van der Waals surface area contributed by atoms with Crippen molar-refractivity contribution in [3.8, 4) is 0 Å². The molecule has 6 heteroatoms. The molecule has 19 heavy (non-hydrogen) atoms. The smallest absolute Gasteiger partial charge is 0.191 e. The lowest BCUT2D eigenvalue weighted by molar-refractivity contribution is 0.183. The molecule has 0 aliphatic carbocycles. The van der Waals surface area contributed by atoms with Gasteiger partial charge in [0.1, 0.15) is 0 Å². The zero-order valence-corrected chi connectivity index (χ0v) is 16.0. The number of hydrogen-bond acceptors (Lipinski definition) is 3. The minimum absolute atomic E-state index is 0. The number of thioether (sulfide) groups is 1. The van der Waals surface area contributed by atoms with Gasteiger partial charge in [0, 0.05) is 31.4 Å². The zero-order chi connectivity index (χ0) is 13.6. The lowest BCUT2D eigenvalue weighted by atomic mass is 9.97. The summed E-state index contributed by atoms with van der Waals surface area (Å²) in [6.45, 7) is 6.33. The molecule has 1 aliphatic heterocycles. The number of aliphatic imine (C=N–C) groups is 1. The van der Waals surface area contributed by atoms with Gasteiger partial charge in [-0.05, 0) is 32.2 Å². The van der Waals surface area contributed by atoms with Gasteiger partial charge >= 0.3 is 0 Å². The molecule has 114 valence electrons. The van der Waals surface area contributed by atoms with E-state index in [1.54, 1.807) is 0 Å². The van der Waals surface area contributed by atoms with E-state index in [9.17, 15) is 0 Å². The lowest BCUT2D eigenvalue weighted by Crippen LogP contribution is -2.55. The van der Waals surface area contributed by atoms with E-state index in [1.165, 1.54) is 17.9 Å². The van der Waals surface area contributed by atoms with Crippen LogP contribution < -0.4 is 10.6 Å². The van der Waals surface area contributed by atoms with Crippen LogP contribution in [0.4, 0.5) is 0 Å². The molecule has 0 aromatic carbocycles. The number of rotatable bonds is 5. The fraction of sp³-hybridized carbons (Fsp3) is 0.923. The average molecular weight is 400 g/mol. The van der Waals surface area contributed by atoms with Crippen molar-refractivity contribution in [2.24, 2.45) is 10.9 Å². The molecule has 0 saturated carbocycles. The first-order valence-corrected chi connectivity index (χ1v) is 7.85. The molecule has 0 spiro atoms. The van der Waals surface area contributed by atoms with Crippen LogP contribution in [0.2, 0.25) is 0 Å². The fourth-order valence-electron chi connectivity index (χ4n) is 2.02. The number of nitrogens with zero attached hydrogens (tertiary/aromatic N) is 2. The minimum atomic E-state index is 0. The van der Waals surface area contributed by atoms with E-state index in [1.807, 2.05) is 18.8 Å². The molecule has 1 aliphatic rings. The van der Waals surface area contributed by atoms with Crippen LogP contribution in [0.3, 0.4) is 0 Å². The molecule has 0 bridgehead atoms. The Morgan fingerprint density at radius 1 is 1.37 bits per heavy atom. The van der Waals surface area contributed by atoms with Crippen LogP contribution in [0.15, 0.2) is 4.99 Å². The van der Waals surface area contributed by atoms with Crippen molar-refractivity contribution in [1.82, 2.24) is 15.5 Å². The summed E-state index contributed by atoms with van der Waals surface area (Å²) in [5.41, 5.74) is 0.278. The van der Waals surface area contributed by atoms with Crippen LogP contribution in [0, 0.1) is 5.92 Å². The Hall–Kier alpha value is 0.310. The summed E-state index contributed by atoms with van der Waals surface area (Å²) in [6, 6.07) is 0. The Balaban J connectivity index is 0.00000324. The quantitative estimate of drug-likeness (QED) is 0.420. The molecule has 1 rings (SSSR count). The molecule has 0 radical (unpaired) electrons. The maximum atomic E-state index is 4.28. The summed E-state index contributed by atoms with van der Waals surface area (Å²) in [6.07, 6.45) is 1.25. The van der Waals surface area contributed by atoms with Gasteiger partial charge in [0.05, 0.1) is 0 Å². The predicted octanol–water partition coefficient (Wildman–Crippen LogP) is 1.86. The van der Waals surface area contributed by atoms with E-state index in [2.05, 4.69) is 48.5 Å². The number of nitrogens with one attached hydrogen (secondary N) is 2. The highest BCUT2D eigenvalue weighted by molar-refractivity contribution is 14.0. The second-order valence-electron chi connectivity index (χ2n) is 5.62. The van der Waals surface area contributed by atoms with Crippen molar-refractivity contribution in [3.63, 3.8) is 0 Å². The first kappa shape index (κ1) is 19.3. The zero-order valence-electron chi connectivity index (χ0n) is 12.8. The van der Waals surface area contributed by atoms with Crippen molar-refractivity contribution >= 4 is 41.7 Å². The Labute approximate surface area is 139 Å². The molecule has 1 fully saturated rings. The molecule has 1 unspecified atom stereocenters. The molecule has 0 amide bonds. The van der Waals surface area contributed by atoms with Gasteiger partial charge in [0.25, 0.3) is 0 Å². The summed E-state index contributed by atoms with van der Waals surface area (Å²) in [7, 11) is 6.19. The molecule has 0 aromatic rings. The lowest BCUT2D eigenvalue weighted by Gasteiger charge is -2.36. The molecule has 2 N–H and O–H groups in total. The van der Waals surface area contributed by atoms with Gasteiger partial charge in [-0.15, -0.1) is 24.0 Å². The Morgan fingerprint density at radius 3 is 2.47 bits per heavy atom. The van der Waals surface area contributed by atoms with E-state index >= 15 is 0 Å². The van der Waals surface area contributed by atoms with Crippen LogP contribution in [0.5, 0.6) is 0 Å². The first-order chi connectivity index (χ1) is 8.50. The number of guanidine groups is 1. The average Bonchev–Trinajstić information content (AvgIpc) is 2.79. The van der Waals surface area contributed by atoms with Gasteiger partial charge in [0.2, 0.25) is 0 Å². The maximum Gasteiger partial charge on any atom is 0.191 e. The normalized spacial score (nSPS) is 23.6. The van der Waals surface area contributed by atoms with Crippen molar-refractivity contribution < 1.29 is 0 Å². The highest BCUT2D eigenvalue weighted by atomic mass is 127. The Kier molecular flexibility index (Phi) is 9.43. The van der Waals surface area contributed by atoms with Crippen molar-refractivity contribution in [3.05, 3.63) is 0 Å². The summed E-state index contributed by atoms with van der Waals surface area (Å²) in [4.78, 5) is 6.64. The van der Waals surface area contributed by atoms with Gasteiger partial charge < -0.3 is 15.5 Å². The summed E-state index contributed by atoms with van der Waals surface area (Å²) >= 11 is 2.04. The number of hydrogen-bond donors (Lipinski definition) is 2. The van der Waals surface area contributed by atoms with Gasteiger partial charge in [-0.25, -0.2) is 0 Å². The van der Waals surface area contributed by atoms with E-state index in [0.29, 0.717) is 5.92 Å². The Bertz CT molecular complexity index is 276. The molecule has 0 aromatic heterocycles. The molecule has 4 nitrogen and oxygen atoms in total. The van der Waals surface area contributed by atoms with Crippen LogP contribution in [-0.2, 0) is 0 Å². The highest BCUT2D eigenvalue weighted by Gasteiger charge is 2.36. The van der Waals surface area contributed by atoms with E-state index in [0.717, 1.165) is 19.0 Å². The third kappa shape index (κ3) is 6.08. The minimum Gasteiger partial charge on any atom is -0.356 e. The Morgan fingerprint density at radius 2 is 2.05 bits per heavy atom.